The van der Waals surface area contributed by atoms with Crippen molar-refractivity contribution in [2.75, 3.05) is 16.2 Å². The quantitative estimate of drug-likeness (QED) is 0.660. The minimum Gasteiger partial charge on any atom is -0.312 e. The summed E-state index contributed by atoms with van der Waals surface area (Å²) in [5, 5.41) is -0.536. The number of hydrogen-bond donors (Lipinski definition) is 1. The van der Waals surface area contributed by atoms with Gasteiger partial charge in [0.25, 0.3) is 10.0 Å². The summed E-state index contributed by atoms with van der Waals surface area (Å²) >= 11 is 8.75. The van der Waals surface area contributed by atoms with Gasteiger partial charge in [0.15, 0.2) is 0 Å². The molecular weight excluding hydrogens is 485 g/mol. The predicted octanol–water partition coefficient (Wildman–Crippen LogP) is 4.83. The third kappa shape index (κ3) is 3.99. The zero-order valence-electron chi connectivity index (χ0n) is 14.3. The number of fused-ring (bicyclic) bond motifs is 1. The SMILES string of the molecule is CC(=O)N1CCc2cc(Br)c(S(=O)(=O)Nc3ccc(Cl)c(C(F)(F)F)c3)cc21. The highest BCUT2D eigenvalue weighted by Gasteiger charge is 2.34. The molecule has 3 rings (SSSR count). The van der Waals surface area contributed by atoms with Crippen molar-refractivity contribution in [3.63, 3.8) is 0 Å². The molecule has 0 spiro atoms. The molecule has 0 aromatic heterocycles. The van der Waals surface area contributed by atoms with E-state index in [0.717, 1.165) is 17.7 Å². The number of nitrogens with zero attached hydrogens (tertiary/aromatic N) is 1. The van der Waals surface area contributed by atoms with Crippen LogP contribution in [0.1, 0.15) is 18.1 Å². The largest absolute Gasteiger partial charge is 0.417 e. The van der Waals surface area contributed by atoms with Crippen LogP contribution in [0.15, 0.2) is 39.7 Å². The van der Waals surface area contributed by atoms with Gasteiger partial charge in [-0.1, -0.05) is 11.6 Å². The molecule has 0 aliphatic carbocycles. The van der Waals surface area contributed by atoms with Gasteiger partial charge in [0, 0.05) is 29.3 Å². The third-order valence-electron chi connectivity index (χ3n) is 4.22. The highest BCUT2D eigenvalue weighted by atomic mass is 79.9. The van der Waals surface area contributed by atoms with Gasteiger partial charge < -0.3 is 4.90 Å². The van der Waals surface area contributed by atoms with Crippen molar-refractivity contribution in [2.45, 2.75) is 24.4 Å². The molecule has 0 saturated carbocycles. The van der Waals surface area contributed by atoms with Crippen LogP contribution < -0.4 is 9.62 Å². The average Bonchev–Trinajstić information content (AvgIpc) is 2.97. The third-order valence-corrected chi connectivity index (χ3v) is 6.89. The van der Waals surface area contributed by atoms with E-state index in [1.165, 1.54) is 17.9 Å². The fraction of sp³-hybridized carbons (Fsp3) is 0.235. The fourth-order valence-electron chi connectivity index (χ4n) is 2.94. The Bertz CT molecular complexity index is 1070. The molecule has 28 heavy (non-hydrogen) atoms. The Hall–Kier alpha value is -1.78. The Kier molecular flexibility index (Phi) is 5.41. The van der Waals surface area contributed by atoms with Crippen LogP contribution in [0.5, 0.6) is 0 Å². The lowest BCUT2D eigenvalue weighted by Crippen LogP contribution is -2.26. The van der Waals surface area contributed by atoms with Crippen molar-refractivity contribution in [2.24, 2.45) is 0 Å². The lowest BCUT2D eigenvalue weighted by Gasteiger charge is -2.17. The number of carbonyl (C=O) groups excluding carboxylic acids is 1. The van der Waals surface area contributed by atoms with E-state index < -0.39 is 26.8 Å². The highest BCUT2D eigenvalue weighted by Crippen LogP contribution is 2.38. The van der Waals surface area contributed by atoms with Gasteiger partial charge in [-0.3, -0.25) is 9.52 Å². The van der Waals surface area contributed by atoms with Crippen LogP contribution in [0.4, 0.5) is 24.5 Å². The van der Waals surface area contributed by atoms with E-state index in [0.29, 0.717) is 24.7 Å². The molecule has 0 unspecified atom stereocenters. The van der Waals surface area contributed by atoms with Gasteiger partial charge in [-0.25, -0.2) is 8.42 Å². The van der Waals surface area contributed by atoms with Gasteiger partial charge in [-0.05, 0) is 58.2 Å². The normalized spacial score (nSPS) is 14.1. The van der Waals surface area contributed by atoms with Gasteiger partial charge in [-0.15, -0.1) is 0 Å². The molecule has 1 aliphatic rings. The van der Waals surface area contributed by atoms with E-state index in [9.17, 15) is 26.4 Å². The first kappa shape index (κ1) is 20.9. The summed E-state index contributed by atoms with van der Waals surface area (Å²) in [4.78, 5) is 13.0. The minimum atomic E-state index is -4.73. The number of anilines is 2. The second-order valence-electron chi connectivity index (χ2n) is 6.13. The van der Waals surface area contributed by atoms with Crippen molar-refractivity contribution < 1.29 is 26.4 Å². The molecule has 5 nitrogen and oxygen atoms in total. The monoisotopic (exact) mass is 496 g/mol. The number of alkyl halides is 3. The molecule has 2 aromatic carbocycles. The zero-order chi connectivity index (χ0) is 20.9. The molecule has 11 heteroatoms. The van der Waals surface area contributed by atoms with Gasteiger partial charge in [0.1, 0.15) is 4.90 Å². The van der Waals surface area contributed by atoms with Gasteiger partial charge in [0.05, 0.1) is 10.6 Å². The van der Waals surface area contributed by atoms with Crippen molar-refractivity contribution in [3.05, 3.63) is 51.0 Å². The van der Waals surface area contributed by atoms with Crippen LogP contribution in [0, 0.1) is 0 Å². The van der Waals surface area contributed by atoms with E-state index >= 15 is 0 Å². The number of rotatable bonds is 3. The summed E-state index contributed by atoms with van der Waals surface area (Å²) < 4.78 is 67.0. The second kappa shape index (κ2) is 7.23. The Labute approximate surface area is 172 Å². The Balaban J connectivity index is 2.01. The Morgan fingerprint density at radius 3 is 2.54 bits per heavy atom. The van der Waals surface area contributed by atoms with Crippen molar-refractivity contribution in [3.8, 4) is 0 Å². The van der Waals surface area contributed by atoms with Crippen molar-refractivity contribution in [1.82, 2.24) is 0 Å². The van der Waals surface area contributed by atoms with Crippen LogP contribution in [-0.4, -0.2) is 20.9 Å². The maximum Gasteiger partial charge on any atom is 0.417 e. The predicted molar refractivity (Wildman–Crippen MR) is 103 cm³/mol. The van der Waals surface area contributed by atoms with E-state index in [1.807, 2.05) is 0 Å². The van der Waals surface area contributed by atoms with Gasteiger partial charge in [-0.2, -0.15) is 13.2 Å². The zero-order valence-corrected chi connectivity index (χ0v) is 17.4. The van der Waals surface area contributed by atoms with Crippen LogP contribution >= 0.6 is 27.5 Å². The van der Waals surface area contributed by atoms with E-state index in [1.54, 1.807) is 6.07 Å². The van der Waals surface area contributed by atoms with Crippen molar-refractivity contribution >= 4 is 54.8 Å². The van der Waals surface area contributed by atoms with Crippen molar-refractivity contribution in [1.29, 1.82) is 0 Å². The summed E-state index contributed by atoms with van der Waals surface area (Å²) in [6, 6.07) is 5.66. The lowest BCUT2D eigenvalue weighted by atomic mass is 10.2. The smallest absolute Gasteiger partial charge is 0.312 e. The molecule has 2 aromatic rings. The first-order valence-electron chi connectivity index (χ1n) is 7.90. The van der Waals surface area contributed by atoms with Crippen LogP contribution in [0.2, 0.25) is 5.02 Å². The Morgan fingerprint density at radius 1 is 1.25 bits per heavy atom. The van der Waals surface area contributed by atoms with E-state index in [2.05, 4.69) is 20.7 Å². The summed E-state index contributed by atoms with van der Waals surface area (Å²) in [6.45, 7) is 1.80. The molecule has 1 N–H and O–H groups in total. The molecular formula is C17H13BrClF3N2O3S. The molecule has 0 atom stereocenters. The number of sulfonamides is 1. The fourth-order valence-corrected chi connectivity index (χ4v) is 5.32. The molecule has 1 amide bonds. The average molecular weight is 498 g/mol. The molecule has 0 saturated heterocycles. The second-order valence-corrected chi connectivity index (χ2v) is 9.04. The molecule has 0 fully saturated rings. The summed E-state index contributed by atoms with van der Waals surface area (Å²) in [7, 11) is -4.24. The molecule has 150 valence electrons. The first-order chi connectivity index (χ1) is 12.9. The Morgan fingerprint density at radius 2 is 1.93 bits per heavy atom. The topological polar surface area (TPSA) is 66.5 Å². The number of amides is 1. The maximum absolute atomic E-state index is 13.0. The summed E-state index contributed by atoms with van der Waals surface area (Å²) in [6.07, 6.45) is -4.15. The molecule has 1 aliphatic heterocycles. The maximum atomic E-state index is 13.0. The highest BCUT2D eigenvalue weighted by molar-refractivity contribution is 9.10. The molecule has 1 heterocycles. The molecule has 0 radical (unpaired) electrons. The number of carbonyl (C=O) groups is 1. The van der Waals surface area contributed by atoms with Crippen LogP contribution in [-0.2, 0) is 27.4 Å². The number of hydrogen-bond acceptors (Lipinski definition) is 3. The summed E-state index contributed by atoms with van der Waals surface area (Å²) in [5.41, 5.74) is -0.173. The van der Waals surface area contributed by atoms with Gasteiger partial charge >= 0.3 is 6.18 Å². The molecule has 0 bridgehead atoms. The number of nitrogens with one attached hydrogen (secondary N) is 1. The van der Waals surface area contributed by atoms with Crippen LogP contribution in [0.25, 0.3) is 0 Å². The standard InChI is InChI=1S/C17H13BrClF3N2O3S/c1-9(25)24-5-4-10-6-13(18)16(8-15(10)24)28(26,27)23-11-2-3-14(19)12(7-11)17(20,21)22/h2-3,6-8,23H,4-5H2,1H3. The van der Waals surface area contributed by atoms with Gasteiger partial charge in [0.2, 0.25) is 5.91 Å². The number of benzene rings is 2. The van der Waals surface area contributed by atoms with E-state index in [-0.39, 0.29) is 21.0 Å². The minimum absolute atomic E-state index is 0.192. The lowest BCUT2D eigenvalue weighted by molar-refractivity contribution is -0.137. The number of halogens is 5. The van der Waals surface area contributed by atoms with Crippen LogP contribution in [0.3, 0.4) is 0 Å². The first-order valence-corrected chi connectivity index (χ1v) is 10.6. The summed E-state index contributed by atoms with van der Waals surface area (Å²) in [5.74, 6) is -0.232. The van der Waals surface area contributed by atoms with E-state index in [4.69, 9.17) is 11.6 Å².